The molecule has 3 aromatic rings. The second-order valence-electron chi connectivity index (χ2n) is 6.37. The van der Waals surface area contributed by atoms with E-state index in [9.17, 15) is 14.9 Å². The number of nitrogens with one attached hydrogen (secondary N) is 1. The number of hydrogen-bond acceptors (Lipinski definition) is 6. The number of amides is 1. The zero-order valence-corrected chi connectivity index (χ0v) is 15.6. The largest absolute Gasteiger partial charge is 0.484 e. The van der Waals surface area contributed by atoms with Crippen molar-refractivity contribution in [3.63, 3.8) is 0 Å². The van der Waals surface area contributed by atoms with Crippen LogP contribution in [-0.2, 0) is 11.3 Å². The topological polar surface area (TPSA) is 97.6 Å². The number of carbonyl (C=O) groups excluding carboxylic acids is 1. The van der Waals surface area contributed by atoms with Gasteiger partial charge in [0, 0.05) is 26.8 Å². The minimum atomic E-state index is -0.404. The molecule has 0 saturated carbocycles. The van der Waals surface area contributed by atoms with Crippen LogP contribution in [0.4, 0.5) is 11.4 Å². The molecule has 2 aromatic carbocycles. The molecule has 1 N–H and O–H groups in total. The van der Waals surface area contributed by atoms with Crippen molar-refractivity contribution in [2.24, 2.45) is 0 Å². The Bertz CT molecular complexity index is 1020. The zero-order valence-electron chi connectivity index (χ0n) is 15.6. The molecule has 0 aliphatic heterocycles. The summed E-state index contributed by atoms with van der Waals surface area (Å²) in [7, 11) is 3.33. The normalized spacial score (nSPS) is 10.5. The summed E-state index contributed by atoms with van der Waals surface area (Å²) < 4.78 is 5.51. The first kappa shape index (κ1) is 19.1. The van der Waals surface area contributed by atoms with Crippen LogP contribution in [0.25, 0.3) is 10.9 Å². The fraction of sp³-hybridized carbons (Fsp3) is 0.200. The van der Waals surface area contributed by atoms with E-state index in [-0.39, 0.29) is 18.2 Å². The molecule has 0 saturated heterocycles. The molecule has 1 aromatic heterocycles. The predicted molar refractivity (Wildman–Crippen MR) is 106 cm³/mol. The fourth-order valence-electron chi connectivity index (χ4n) is 2.69. The summed E-state index contributed by atoms with van der Waals surface area (Å²) in [6.07, 6.45) is 1.60. The van der Waals surface area contributed by atoms with Gasteiger partial charge in [-0.3, -0.25) is 19.9 Å². The van der Waals surface area contributed by atoms with Crippen LogP contribution in [-0.4, -0.2) is 41.4 Å². The highest BCUT2D eigenvalue weighted by Crippen LogP contribution is 2.32. The number of ether oxygens (including phenoxy) is 1. The van der Waals surface area contributed by atoms with Gasteiger partial charge >= 0.3 is 5.69 Å². The summed E-state index contributed by atoms with van der Waals surface area (Å²) in [6.45, 7) is 0.318. The molecule has 0 bridgehead atoms. The lowest BCUT2D eigenvalue weighted by molar-refractivity contribution is -0.382. The number of aromatic nitrogens is 1. The molecular formula is C20H20N4O4. The molecule has 1 amide bonds. The zero-order chi connectivity index (χ0) is 20.1. The van der Waals surface area contributed by atoms with Crippen LogP contribution in [0.5, 0.6) is 5.75 Å². The fourth-order valence-corrected chi connectivity index (χ4v) is 2.69. The summed E-state index contributed by atoms with van der Waals surface area (Å²) in [4.78, 5) is 28.4. The molecule has 0 spiro atoms. The third kappa shape index (κ3) is 4.35. The number of nitrogens with zero attached hydrogens (tertiary/aromatic N) is 3. The van der Waals surface area contributed by atoms with Gasteiger partial charge in [-0.25, -0.2) is 0 Å². The van der Waals surface area contributed by atoms with Gasteiger partial charge in [0.1, 0.15) is 11.4 Å². The van der Waals surface area contributed by atoms with E-state index in [1.165, 1.54) is 4.90 Å². The highest BCUT2D eigenvalue weighted by Gasteiger charge is 2.18. The molecule has 0 radical (unpaired) electrons. The standard InChI is InChI=1S/C20H20N4O4/c1-23(2)19(25)13-28-15-6-3-5-14(11-15)12-22-18-9-8-17-16(7-4-10-21-17)20(18)24(26)27/h3-11,22H,12-13H2,1-2H3. The van der Waals surface area contributed by atoms with Gasteiger partial charge in [-0.1, -0.05) is 12.1 Å². The maximum absolute atomic E-state index is 11.6. The average molecular weight is 380 g/mol. The van der Waals surface area contributed by atoms with Crippen LogP contribution in [0.1, 0.15) is 5.56 Å². The number of fused-ring (bicyclic) bond motifs is 1. The Morgan fingerprint density at radius 3 is 2.79 bits per heavy atom. The van der Waals surface area contributed by atoms with E-state index in [1.807, 2.05) is 12.1 Å². The number of likely N-dealkylation sites (N-methyl/N-ethyl adjacent to an activating group) is 1. The molecule has 8 nitrogen and oxygen atoms in total. The molecule has 3 rings (SSSR count). The third-order valence-electron chi connectivity index (χ3n) is 4.18. The Kier molecular flexibility index (Phi) is 5.69. The highest BCUT2D eigenvalue weighted by atomic mass is 16.6. The van der Waals surface area contributed by atoms with Gasteiger partial charge in [0.2, 0.25) is 0 Å². The number of benzene rings is 2. The quantitative estimate of drug-likeness (QED) is 0.499. The number of nitro benzene ring substituents is 1. The van der Waals surface area contributed by atoms with Gasteiger partial charge < -0.3 is 15.0 Å². The van der Waals surface area contributed by atoms with Crippen LogP contribution in [0, 0.1) is 10.1 Å². The molecule has 0 unspecified atom stereocenters. The van der Waals surface area contributed by atoms with Crippen LogP contribution < -0.4 is 10.1 Å². The molecule has 0 fully saturated rings. The van der Waals surface area contributed by atoms with Crippen LogP contribution in [0.3, 0.4) is 0 Å². The highest BCUT2D eigenvalue weighted by molar-refractivity contribution is 5.94. The van der Waals surface area contributed by atoms with E-state index in [0.717, 1.165) is 5.56 Å². The van der Waals surface area contributed by atoms with E-state index in [0.29, 0.717) is 28.9 Å². The van der Waals surface area contributed by atoms with Crippen LogP contribution >= 0.6 is 0 Å². The first-order valence-electron chi connectivity index (χ1n) is 8.63. The molecule has 1 heterocycles. The molecule has 28 heavy (non-hydrogen) atoms. The van der Waals surface area contributed by atoms with Gasteiger partial charge in [0.25, 0.3) is 5.91 Å². The summed E-state index contributed by atoms with van der Waals surface area (Å²) in [5, 5.41) is 15.2. The van der Waals surface area contributed by atoms with Crippen molar-refractivity contribution < 1.29 is 14.5 Å². The Balaban J connectivity index is 1.76. The van der Waals surface area contributed by atoms with Crippen molar-refractivity contribution in [2.75, 3.05) is 26.0 Å². The number of carbonyl (C=O) groups is 1. The van der Waals surface area contributed by atoms with Crippen molar-refractivity contribution in [3.05, 3.63) is 70.4 Å². The van der Waals surface area contributed by atoms with Crippen molar-refractivity contribution in [1.29, 1.82) is 0 Å². The number of anilines is 1. The molecule has 0 atom stereocenters. The number of nitro groups is 1. The minimum Gasteiger partial charge on any atom is -0.484 e. The van der Waals surface area contributed by atoms with Gasteiger partial charge in [-0.2, -0.15) is 0 Å². The summed E-state index contributed by atoms with van der Waals surface area (Å²) in [6, 6.07) is 14.0. The lowest BCUT2D eigenvalue weighted by atomic mass is 10.1. The van der Waals surface area contributed by atoms with Crippen LogP contribution in [0.15, 0.2) is 54.7 Å². The SMILES string of the molecule is CN(C)C(=O)COc1cccc(CNc2ccc3ncccc3c2[N+](=O)[O-])c1. The first-order chi connectivity index (χ1) is 13.5. The maximum atomic E-state index is 11.6. The smallest absolute Gasteiger partial charge is 0.301 e. The molecule has 0 aliphatic rings. The Morgan fingerprint density at radius 1 is 1.21 bits per heavy atom. The molecule has 8 heteroatoms. The summed E-state index contributed by atoms with van der Waals surface area (Å²) in [5.41, 5.74) is 1.85. The Morgan fingerprint density at radius 2 is 2.04 bits per heavy atom. The third-order valence-corrected chi connectivity index (χ3v) is 4.18. The predicted octanol–water partition coefficient (Wildman–Crippen LogP) is 3.22. The van der Waals surface area contributed by atoms with E-state index in [4.69, 9.17) is 4.74 Å². The van der Waals surface area contributed by atoms with Crippen molar-refractivity contribution in [2.45, 2.75) is 6.54 Å². The molecule has 144 valence electrons. The minimum absolute atomic E-state index is 0.00501. The molecule has 0 aliphatic carbocycles. The maximum Gasteiger partial charge on any atom is 0.301 e. The second-order valence-corrected chi connectivity index (χ2v) is 6.37. The molecular weight excluding hydrogens is 360 g/mol. The first-order valence-corrected chi connectivity index (χ1v) is 8.63. The number of hydrogen-bond donors (Lipinski definition) is 1. The Labute approximate surface area is 161 Å². The number of rotatable bonds is 7. The lowest BCUT2D eigenvalue weighted by Gasteiger charge is -2.12. The summed E-state index contributed by atoms with van der Waals surface area (Å²) >= 11 is 0. The monoisotopic (exact) mass is 380 g/mol. The van der Waals surface area contributed by atoms with Gasteiger partial charge in [0.05, 0.1) is 15.8 Å². The van der Waals surface area contributed by atoms with Crippen molar-refractivity contribution >= 4 is 28.2 Å². The van der Waals surface area contributed by atoms with Crippen molar-refractivity contribution in [1.82, 2.24) is 9.88 Å². The van der Waals surface area contributed by atoms with E-state index in [1.54, 1.807) is 56.7 Å². The summed E-state index contributed by atoms with van der Waals surface area (Å²) in [5.74, 6) is 0.427. The van der Waals surface area contributed by atoms with Crippen molar-refractivity contribution in [3.8, 4) is 5.75 Å². The van der Waals surface area contributed by atoms with E-state index < -0.39 is 4.92 Å². The van der Waals surface area contributed by atoms with Gasteiger partial charge in [0.15, 0.2) is 6.61 Å². The van der Waals surface area contributed by atoms with E-state index >= 15 is 0 Å². The lowest BCUT2D eigenvalue weighted by Crippen LogP contribution is -2.27. The van der Waals surface area contributed by atoms with Crippen LogP contribution in [0.2, 0.25) is 0 Å². The second kappa shape index (κ2) is 8.34. The Hall–Kier alpha value is -3.68. The van der Waals surface area contributed by atoms with E-state index in [2.05, 4.69) is 10.3 Å². The average Bonchev–Trinajstić information content (AvgIpc) is 2.69. The van der Waals surface area contributed by atoms with Gasteiger partial charge in [-0.15, -0.1) is 0 Å². The number of pyridine rings is 1. The van der Waals surface area contributed by atoms with Gasteiger partial charge in [-0.05, 0) is 42.0 Å².